The zero-order valence-electron chi connectivity index (χ0n) is 11.8. The molecule has 4 fully saturated rings. The van der Waals surface area contributed by atoms with Crippen molar-refractivity contribution in [1.29, 1.82) is 0 Å². The van der Waals surface area contributed by atoms with E-state index in [1.165, 1.54) is 6.42 Å². The first kappa shape index (κ1) is 13.3. The van der Waals surface area contributed by atoms with Gasteiger partial charge in [0.05, 0.1) is 17.6 Å². The number of hydrogen-bond acceptors (Lipinski definition) is 4. The molecular weight excluding hydrogens is 245 g/mol. The Morgan fingerprint density at radius 1 is 1.39 bits per heavy atom. The highest BCUT2D eigenvalue weighted by atomic mass is 32.1. The zero-order valence-corrected chi connectivity index (χ0v) is 12.7. The van der Waals surface area contributed by atoms with Gasteiger partial charge < -0.3 is 14.6 Å². The fourth-order valence-electron chi connectivity index (χ4n) is 4.38. The Kier molecular flexibility index (Phi) is 3.06. The molecule has 1 N–H and O–H groups in total. The first-order valence-electron chi connectivity index (χ1n) is 7.05. The molecule has 0 aromatic rings. The van der Waals surface area contributed by atoms with Crippen LogP contribution in [0.4, 0.5) is 0 Å². The maximum Gasteiger partial charge on any atom is 0.476 e. The maximum absolute atomic E-state index is 6.35. The normalized spacial score (nSPS) is 46.5. The van der Waals surface area contributed by atoms with E-state index in [2.05, 4.69) is 38.7 Å². The molecule has 1 aliphatic heterocycles. The molecule has 0 aromatic heterocycles. The Morgan fingerprint density at radius 3 is 2.67 bits per heavy atom. The fraction of sp³-hybridized carbons (Fsp3) is 1.00. The molecule has 0 spiro atoms. The average molecular weight is 269 g/mol. The standard InChI is InChI=1S/C13H24BNO2S/c1-12(2)8-5-9(12)13(3)10(6-8)16-14(17-13)11(7-18)15-4/h8-11,15,18H,5-7H2,1-4H3/t8?,9?,10?,11?,13-/m0/s1. The van der Waals surface area contributed by atoms with Crippen molar-refractivity contribution in [3.8, 4) is 0 Å². The molecule has 1 heterocycles. The van der Waals surface area contributed by atoms with Crippen molar-refractivity contribution in [3.05, 3.63) is 0 Å². The highest BCUT2D eigenvalue weighted by molar-refractivity contribution is 7.80. The van der Waals surface area contributed by atoms with Gasteiger partial charge in [-0.15, -0.1) is 0 Å². The summed E-state index contributed by atoms with van der Waals surface area (Å²) in [5, 5.41) is 3.24. The predicted molar refractivity (Wildman–Crippen MR) is 76.8 cm³/mol. The minimum atomic E-state index is -0.141. The largest absolute Gasteiger partial charge is 0.476 e. The summed E-state index contributed by atoms with van der Waals surface area (Å²) in [4.78, 5) is 0. The van der Waals surface area contributed by atoms with Gasteiger partial charge in [-0.1, -0.05) is 13.8 Å². The maximum atomic E-state index is 6.35. The summed E-state index contributed by atoms with van der Waals surface area (Å²) in [5.74, 6) is 2.36. The number of hydrogen-bond donors (Lipinski definition) is 2. The molecule has 4 unspecified atom stereocenters. The quantitative estimate of drug-likeness (QED) is 0.604. The number of rotatable bonds is 3. The highest BCUT2D eigenvalue weighted by Crippen LogP contribution is 2.65. The Hall–Kier alpha value is 0.295. The van der Waals surface area contributed by atoms with Gasteiger partial charge in [-0.05, 0) is 44.1 Å². The second kappa shape index (κ2) is 4.14. The van der Waals surface area contributed by atoms with Gasteiger partial charge in [-0.25, -0.2) is 0 Å². The fourth-order valence-corrected chi connectivity index (χ4v) is 4.74. The molecule has 1 saturated heterocycles. The lowest BCUT2D eigenvalue weighted by Crippen LogP contribution is -2.65. The molecule has 2 bridgehead atoms. The molecule has 4 rings (SSSR count). The first-order valence-corrected chi connectivity index (χ1v) is 7.68. The monoisotopic (exact) mass is 269 g/mol. The smallest absolute Gasteiger partial charge is 0.404 e. The second-order valence-corrected chi connectivity index (χ2v) is 7.28. The van der Waals surface area contributed by atoms with Crippen LogP contribution in [0, 0.1) is 17.3 Å². The summed E-state index contributed by atoms with van der Waals surface area (Å²) in [6, 6.07) is 0. The number of thiol groups is 1. The van der Waals surface area contributed by atoms with Crippen LogP contribution in [0.25, 0.3) is 0 Å². The molecule has 102 valence electrons. The zero-order chi connectivity index (χ0) is 13.1. The van der Waals surface area contributed by atoms with Gasteiger partial charge in [0.15, 0.2) is 0 Å². The van der Waals surface area contributed by atoms with Gasteiger partial charge in [-0.2, -0.15) is 12.6 Å². The van der Waals surface area contributed by atoms with E-state index in [1.54, 1.807) is 0 Å². The predicted octanol–water partition coefficient (Wildman–Crippen LogP) is 1.77. The van der Waals surface area contributed by atoms with Crippen LogP contribution in [-0.4, -0.2) is 37.6 Å². The second-order valence-electron chi connectivity index (χ2n) is 6.91. The van der Waals surface area contributed by atoms with E-state index in [1.807, 2.05) is 7.05 Å². The first-order chi connectivity index (χ1) is 8.43. The van der Waals surface area contributed by atoms with Gasteiger partial charge in [-0.3, -0.25) is 0 Å². The van der Waals surface area contributed by atoms with E-state index in [-0.39, 0.29) is 24.8 Å². The van der Waals surface area contributed by atoms with E-state index in [0.29, 0.717) is 11.3 Å². The summed E-state index contributed by atoms with van der Waals surface area (Å²) < 4.78 is 12.5. The third-order valence-corrected chi connectivity index (χ3v) is 6.26. The Labute approximate surface area is 116 Å². The summed E-state index contributed by atoms with van der Waals surface area (Å²) >= 11 is 4.38. The third-order valence-electron chi connectivity index (χ3n) is 5.86. The molecule has 5 atom stereocenters. The van der Waals surface area contributed by atoms with Crippen molar-refractivity contribution < 1.29 is 9.31 Å². The van der Waals surface area contributed by atoms with E-state index in [0.717, 1.165) is 18.1 Å². The van der Waals surface area contributed by atoms with Crippen LogP contribution in [0.1, 0.15) is 33.6 Å². The van der Waals surface area contributed by atoms with E-state index >= 15 is 0 Å². The van der Waals surface area contributed by atoms with Crippen molar-refractivity contribution in [2.24, 2.45) is 17.3 Å². The summed E-state index contributed by atoms with van der Waals surface area (Å²) in [6.45, 7) is 7.03. The summed E-state index contributed by atoms with van der Waals surface area (Å²) in [5.41, 5.74) is 0.320. The van der Waals surface area contributed by atoms with Crippen LogP contribution < -0.4 is 5.32 Å². The molecule has 5 heteroatoms. The minimum Gasteiger partial charge on any atom is -0.404 e. The van der Waals surface area contributed by atoms with Crippen LogP contribution >= 0.6 is 12.6 Å². The van der Waals surface area contributed by atoms with E-state index in [9.17, 15) is 0 Å². The van der Waals surface area contributed by atoms with Crippen molar-refractivity contribution in [1.82, 2.24) is 5.32 Å². The lowest BCUT2D eigenvalue weighted by Gasteiger charge is -2.64. The molecule has 3 aliphatic carbocycles. The summed E-state index contributed by atoms with van der Waals surface area (Å²) in [6.07, 6.45) is 2.73. The summed E-state index contributed by atoms with van der Waals surface area (Å²) in [7, 11) is 1.81. The van der Waals surface area contributed by atoms with Crippen LogP contribution in [0.5, 0.6) is 0 Å². The molecular formula is C13H24BNO2S. The Bertz CT molecular complexity index is 350. The van der Waals surface area contributed by atoms with E-state index < -0.39 is 0 Å². The molecule has 18 heavy (non-hydrogen) atoms. The van der Waals surface area contributed by atoms with Crippen LogP contribution in [-0.2, 0) is 9.31 Å². The van der Waals surface area contributed by atoms with Crippen LogP contribution in [0.2, 0.25) is 0 Å². The molecule has 4 aliphatic rings. The SMILES string of the molecule is CNC(CS)B1OC2CC3CC(C3(C)C)[C@]2(C)O1. The molecule has 3 nitrogen and oxygen atoms in total. The van der Waals surface area contributed by atoms with E-state index in [4.69, 9.17) is 9.31 Å². The van der Waals surface area contributed by atoms with Crippen molar-refractivity contribution in [2.45, 2.75) is 51.3 Å². The van der Waals surface area contributed by atoms with Crippen molar-refractivity contribution >= 4 is 19.7 Å². The van der Waals surface area contributed by atoms with Gasteiger partial charge in [0.25, 0.3) is 0 Å². The van der Waals surface area contributed by atoms with Crippen LogP contribution in [0.15, 0.2) is 0 Å². The lowest BCUT2D eigenvalue weighted by molar-refractivity contribution is -0.199. The number of nitrogens with one attached hydrogen (secondary N) is 1. The highest BCUT2D eigenvalue weighted by Gasteiger charge is 2.68. The molecule has 0 aromatic carbocycles. The minimum absolute atomic E-state index is 0.0963. The average Bonchev–Trinajstić information content (AvgIpc) is 2.66. The third kappa shape index (κ3) is 1.57. The van der Waals surface area contributed by atoms with Crippen LogP contribution in [0.3, 0.4) is 0 Å². The molecule has 0 amide bonds. The Morgan fingerprint density at radius 2 is 2.11 bits per heavy atom. The lowest BCUT2D eigenvalue weighted by atomic mass is 9.43. The van der Waals surface area contributed by atoms with Gasteiger partial charge in [0, 0.05) is 5.75 Å². The van der Waals surface area contributed by atoms with Gasteiger partial charge in [0.1, 0.15) is 0 Å². The van der Waals surface area contributed by atoms with Gasteiger partial charge in [0.2, 0.25) is 0 Å². The Balaban J connectivity index is 1.80. The molecule has 3 saturated carbocycles. The van der Waals surface area contributed by atoms with Crippen molar-refractivity contribution in [3.63, 3.8) is 0 Å². The molecule has 0 radical (unpaired) electrons. The van der Waals surface area contributed by atoms with Crippen molar-refractivity contribution in [2.75, 3.05) is 12.8 Å². The topological polar surface area (TPSA) is 30.5 Å². The van der Waals surface area contributed by atoms with Gasteiger partial charge >= 0.3 is 7.12 Å².